The van der Waals surface area contributed by atoms with Crippen LogP contribution in [0.3, 0.4) is 0 Å². The number of carboxylic acids is 1. The van der Waals surface area contributed by atoms with Crippen molar-refractivity contribution in [3.8, 4) is 22.7 Å². The van der Waals surface area contributed by atoms with Crippen molar-refractivity contribution in [2.75, 3.05) is 5.32 Å². The van der Waals surface area contributed by atoms with Crippen LogP contribution in [0.2, 0.25) is 0 Å². The van der Waals surface area contributed by atoms with Crippen molar-refractivity contribution in [2.24, 2.45) is 7.05 Å². The zero-order chi connectivity index (χ0) is 27.4. The van der Waals surface area contributed by atoms with Crippen LogP contribution in [0.1, 0.15) is 24.4 Å². The van der Waals surface area contributed by atoms with E-state index in [4.69, 9.17) is 14.3 Å². The maximum Gasteiger partial charge on any atom is 0.490 e. The number of aliphatic hydroxyl groups is 1. The number of carbonyl (C=O) groups excluding carboxylic acids is 1. The van der Waals surface area contributed by atoms with Crippen LogP contribution < -0.4 is 5.32 Å². The standard InChI is InChI=1S/C21H22N6O3.C2HF3O2/c1-21(2,29)13-27-12-16(19(25-27)15-6-4-5-9-22-15)24-20(28)18-8-7-17(30-18)14-10-23-26(3)11-14;3-2(4,5)1(6)7/h4-12,29H,13H2,1-3H3,(H,24,28);(H,6,7). The van der Waals surface area contributed by atoms with Gasteiger partial charge in [0.2, 0.25) is 0 Å². The number of aromatic nitrogens is 5. The van der Waals surface area contributed by atoms with Gasteiger partial charge in [0.15, 0.2) is 5.76 Å². The van der Waals surface area contributed by atoms with Gasteiger partial charge in [-0.1, -0.05) is 6.07 Å². The second-order valence-corrected chi connectivity index (χ2v) is 8.44. The van der Waals surface area contributed by atoms with Crippen molar-refractivity contribution in [1.82, 2.24) is 24.5 Å². The van der Waals surface area contributed by atoms with Crippen LogP contribution in [0.5, 0.6) is 0 Å². The second kappa shape index (κ2) is 10.7. The van der Waals surface area contributed by atoms with E-state index in [1.165, 1.54) is 0 Å². The zero-order valence-corrected chi connectivity index (χ0v) is 19.9. The predicted octanol–water partition coefficient (Wildman–Crippen LogP) is 3.60. The van der Waals surface area contributed by atoms with Crippen LogP contribution in [0, 0.1) is 0 Å². The van der Waals surface area contributed by atoms with Gasteiger partial charge in [-0.3, -0.25) is 19.1 Å². The third kappa shape index (κ3) is 7.51. The lowest BCUT2D eigenvalue weighted by Gasteiger charge is -2.16. The minimum atomic E-state index is -5.08. The first-order valence-corrected chi connectivity index (χ1v) is 10.6. The number of furan rings is 1. The Morgan fingerprint density at radius 1 is 1.14 bits per heavy atom. The molecule has 0 spiro atoms. The monoisotopic (exact) mass is 520 g/mol. The number of nitrogens with one attached hydrogen (secondary N) is 1. The molecule has 1 amide bonds. The van der Waals surface area contributed by atoms with Crippen molar-refractivity contribution in [3.63, 3.8) is 0 Å². The highest BCUT2D eigenvalue weighted by molar-refractivity contribution is 6.04. The van der Waals surface area contributed by atoms with Crippen LogP contribution >= 0.6 is 0 Å². The van der Waals surface area contributed by atoms with Crippen molar-refractivity contribution in [2.45, 2.75) is 32.2 Å². The van der Waals surface area contributed by atoms with Gasteiger partial charge in [0.1, 0.15) is 11.5 Å². The highest BCUT2D eigenvalue weighted by Crippen LogP contribution is 2.27. The van der Waals surface area contributed by atoms with Crippen LogP contribution in [-0.2, 0) is 18.4 Å². The lowest BCUT2D eigenvalue weighted by atomic mass is 10.1. The molecule has 3 N–H and O–H groups in total. The molecule has 0 aliphatic rings. The van der Waals surface area contributed by atoms with Crippen LogP contribution in [0.25, 0.3) is 22.7 Å². The van der Waals surface area contributed by atoms with Crippen molar-refractivity contribution in [3.05, 3.63) is 60.9 Å². The number of pyridine rings is 1. The Morgan fingerprint density at radius 3 is 2.38 bits per heavy atom. The summed E-state index contributed by atoms with van der Waals surface area (Å²) in [7, 11) is 1.81. The molecule has 4 rings (SSSR count). The van der Waals surface area contributed by atoms with E-state index in [-0.39, 0.29) is 12.3 Å². The Hall–Kier alpha value is -4.46. The Bertz CT molecular complexity index is 1370. The number of nitrogens with zero attached hydrogens (tertiary/aromatic N) is 5. The molecule has 4 aromatic rings. The molecule has 4 aromatic heterocycles. The number of halogens is 3. The van der Waals surface area contributed by atoms with E-state index in [9.17, 15) is 23.1 Å². The van der Waals surface area contributed by atoms with Gasteiger partial charge in [-0.2, -0.15) is 23.4 Å². The molecule has 0 atom stereocenters. The molecule has 37 heavy (non-hydrogen) atoms. The van der Waals surface area contributed by atoms with Gasteiger partial charge in [-0.15, -0.1) is 0 Å². The summed E-state index contributed by atoms with van der Waals surface area (Å²) < 4.78 is 40.7. The maximum atomic E-state index is 12.8. The summed E-state index contributed by atoms with van der Waals surface area (Å²) in [4.78, 5) is 26.0. The quantitative estimate of drug-likeness (QED) is 0.349. The Morgan fingerprint density at radius 2 is 1.84 bits per heavy atom. The normalized spacial score (nSPS) is 11.5. The van der Waals surface area contributed by atoms with E-state index in [0.29, 0.717) is 22.8 Å². The Kier molecular flexibility index (Phi) is 7.81. The average Bonchev–Trinajstić information content (AvgIpc) is 3.53. The van der Waals surface area contributed by atoms with Gasteiger partial charge in [0, 0.05) is 25.6 Å². The van der Waals surface area contributed by atoms with Crippen molar-refractivity contribution < 1.29 is 37.4 Å². The number of rotatable bonds is 6. The molecule has 196 valence electrons. The van der Waals surface area contributed by atoms with Crippen LogP contribution in [0.15, 0.2) is 59.5 Å². The van der Waals surface area contributed by atoms with E-state index in [1.54, 1.807) is 72.3 Å². The Labute approximate surface area is 208 Å². The van der Waals surface area contributed by atoms with Crippen LogP contribution in [-0.4, -0.2) is 58.4 Å². The first-order valence-electron chi connectivity index (χ1n) is 10.6. The lowest BCUT2D eigenvalue weighted by Crippen LogP contribution is -2.26. The molecule has 0 fully saturated rings. The summed E-state index contributed by atoms with van der Waals surface area (Å²) in [6, 6.07) is 8.79. The summed E-state index contributed by atoms with van der Waals surface area (Å²) in [6.45, 7) is 3.64. The number of aryl methyl sites for hydroxylation is 1. The number of amides is 1. The smallest absolute Gasteiger partial charge is 0.475 e. The third-order valence-corrected chi connectivity index (χ3v) is 4.53. The molecule has 0 saturated carbocycles. The average molecular weight is 520 g/mol. The van der Waals surface area contributed by atoms with Gasteiger partial charge in [0.25, 0.3) is 5.91 Å². The van der Waals surface area contributed by atoms with Gasteiger partial charge in [0.05, 0.1) is 35.3 Å². The molecule has 0 unspecified atom stereocenters. The van der Waals surface area contributed by atoms with E-state index in [1.807, 2.05) is 13.1 Å². The SMILES string of the molecule is Cn1cc(-c2ccc(C(=O)Nc3cn(CC(C)(C)O)nc3-c3ccccn3)o2)cn1.O=C(O)C(F)(F)F. The first kappa shape index (κ1) is 27.1. The van der Waals surface area contributed by atoms with Crippen molar-refractivity contribution in [1.29, 1.82) is 0 Å². The molecule has 14 heteroatoms. The molecule has 0 aliphatic carbocycles. The molecule has 0 bridgehead atoms. The molecular formula is C23H23F3N6O5. The second-order valence-electron chi connectivity index (χ2n) is 8.44. The van der Waals surface area contributed by atoms with E-state index in [0.717, 1.165) is 5.56 Å². The summed E-state index contributed by atoms with van der Waals surface area (Å²) >= 11 is 0. The number of alkyl halides is 3. The highest BCUT2D eigenvalue weighted by atomic mass is 19.4. The first-order chi connectivity index (χ1) is 17.2. The van der Waals surface area contributed by atoms with Gasteiger partial charge in [-0.05, 0) is 38.1 Å². The number of carboxylic acid groups (broad SMARTS) is 1. The molecule has 11 nitrogen and oxygen atoms in total. The maximum absolute atomic E-state index is 12.8. The number of aliphatic carboxylic acids is 1. The van der Waals surface area contributed by atoms with E-state index < -0.39 is 23.7 Å². The summed E-state index contributed by atoms with van der Waals surface area (Å²) in [5.74, 6) is -2.45. The summed E-state index contributed by atoms with van der Waals surface area (Å²) in [6.07, 6.45) is 1.72. The Balaban J connectivity index is 0.000000479. The van der Waals surface area contributed by atoms with E-state index in [2.05, 4.69) is 20.5 Å². The highest BCUT2D eigenvalue weighted by Gasteiger charge is 2.38. The molecular weight excluding hydrogens is 497 g/mol. The lowest BCUT2D eigenvalue weighted by molar-refractivity contribution is -0.192. The number of hydrogen-bond donors (Lipinski definition) is 3. The fourth-order valence-electron chi connectivity index (χ4n) is 3.03. The summed E-state index contributed by atoms with van der Waals surface area (Å²) in [5, 5.41) is 28.7. The van der Waals surface area contributed by atoms with Gasteiger partial charge < -0.3 is 19.9 Å². The number of anilines is 1. The molecule has 0 aromatic carbocycles. The van der Waals surface area contributed by atoms with Gasteiger partial charge in [-0.25, -0.2) is 4.79 Å². The third-order valence-electron chi connectivity index (χ3n) is 4.53. The zero-order valence-electron chi connectivity index (χ0n) is 19.9. The molecule has 0 saturated heterocycles. The minimum Gasteiger partial charge on any atom is -0.475 e. The topological polar surface area (TPSA) is 148 Å². The molecule has 0 aliphatic heterocycles. The van der Waals surface area contributed by atoms with Crippen LogP contribution in [0.4, 0.5) is 18.9 Å². The van der Waals surface area contributed by atoms with Crippen molar-refractivity contribution >= 4 is 17.6 Å². The largest absolute Gasteiger partial charge is 0.490 e. The predicted molar refractivity (Wildman–Crippen MR) is 124 cm³/mol. The summed E-state index contributed by atoms with van der Waals surface area (Å²) in [5.41, 5.74) is 1.41. The molecule has 4 heterocycles. The minimum absolute atomic E-state index is 0.163. The number of carbonyl (C=O) groups is 2. The number of hydrogen-bond acceptors (Lipinski definition) is 7. The molecule has 0 radical (unpaired) electrons. The fraction of sp³-hybridized carbons (Fsp3) is 0.261. The fourth-order valence-corrected chi connectivity index (χ4v) is 3.03. The van der Waals surface area contributed by atoms with E-state index >= 15 is 0 Å². The van der Waals surface area contributed by atoms with Gasteiger partial charge >= 0.3 is 12.1 Å².